The number of sulfonamides is 1. The van der Waals surface area contributed by atoms with Crippen LogP contribution in [0.25, 0.3) is 0 Å². The molecule has 30 heavy (non-hydrogen) atoms. The second kappa shape index (κ2) is 9.15. The van der Waals surface area contributed by atoms with Crippen LogP contribution < -0.4 is 14.4 Å². The van der Waals surface area contributed by atoms with Crippen LogP contribution in [0, 0.1) is 5.82 Å². The maximum Gasteiger partial charge on any atom is 0.264 e. The Hall–Kier alpha value is -3.10. The summed E-state index contributed by atoms with van der Waals surface area (Å²) in [6, 6.07) is 17.3. The summed E-state index contributed by atoms with van der Waals surface area (Å²) in [5.74, 6) is -0.928. The molecular formula is C21H18ClFN2O4S. The van der Waals surface area contributed by atoms with Gasteiger partial charge in [0, 0.05) is 0 Å². The highest BCUT2D eigenvalue weighted by Crippen LogP contribution is 2.32. The lowest BCUT2D eigenvalue weighted by molar-refractivity contribution is -0.114. The molecule has 1 N–H and O–H groups in total. The van der Waals surface area contributed by atoms with Crippen molar-refractivity contribution in [3.05, 3.63) is 83.6 Å². The van der Waals surface area contributed by atoms with Gasteiger partial charge in [-0.25, -0.2) is 12.8 Å². The second-order valence-corrected chi connectivity index (χ2v) is 8.43. The van der Waals surface area contributed by atoms with E-state index in [-0.39, 0.29) is 16.3 Å². The quantitative estimate of drug-likeness (QED) is 0.584. The van der Waals surface area contributed by atoms with Crippen molar-refractivity contribution in [2.45, 2.75) is 4.90 Å². The fraction of sp³-hybridized carbons (Fsp3) is 0.0952. The third-order valence-electron chi connectivity index (χ3n) is 4.19. The van der Waals surface area contributed by atoms with Gasteiger partial charge in [-0.3, -0.25) is 9.10 Å². The number of carbonyl (C=O) groups excluding carboxylic acids is 1. The third kappa shape index (κ3) is 4.72. The largest absolute Gasteiger partial charge is 0.495 e. The van der Waals surface area contributed by atoms with E-state index in [1.807, 2.05) is 0 Å². The number of methoxy groups -OCH3 is 1. The minimum Gasteiger partial charge on any atom is -0.495 e. The summed E-state index contributed by atoms with van der Waals surface area (Å²) < 4.78 is 46.1. The van der Waals surface area contributed by atoms with Crippen LogP contribution in [-0.4, -0.2) is 28.0 Å². The number of nitrogens with one attached hydrogen (secondary N) is 1. The zero-order chi connectivity index (χ0) is 21.7. The van der Waals surface area contributed by atoms with Crippen LogP contribution in [0.5, 0.6) is 5.75 Å². The van der Waals surface area contributed by atoms with Crippen molar-refractivity contribution in [1.29, 1.82) is 0 Å². The molecule has 156 valence electrons. The number of para-hydroxylation sites is 3. The van der Waals surface area contributed by atoms with Crippen molar-refractivity contribution in [2.24, 2.45) is 0 Å². The molecule has 6 nitrogen and oxygen atoms in total. The number of hydrogen-bond acceptors (Lipinski definition) is 4. The van der Waals surface area contributed by atoms with Gasteiger partial charge in [-0.15, -0.1) is 0 Å². The molecule has 0 unspecified atom stereocenters. The van der Waals surface area contributed by atoms with E-state index in [4.69, 9.17) is 16.3 Å². The van der Waals surface area contributed by atoms with Gasteiger partial charge in [-0.2, -0.15) is 0 Å². The number of benzene rings is 3. The van der Waals surface area contributed by atoms with Crippen LogP contribution in [0.1, 0.15) is 0 Å². The van der Waals surface area contributed by atoms with Crippen LogP contribution in [0.15, 0.2) is 77.7 Å². The van der Waals surface area contributed by atoms with Gasteiger partial charge in [-0.1, -0.05) is 35.9 Å². The van der Waals surface area contributed by atoms with Gasteiger partial charge in [0.05, 0.1) is 28.4 Å². The Kier molecular flexibility index (Phi) is 6.59. The van der Waals surface area contributed by atoms with Gasteiger partial charge in [0.25, 0.3) is 10.0 Å². The molecule has 0 heterocycles. The van der Waals surface area contributed by atoms with Gasteiger partial charge < -0.3 is 10.1 Å². The molecule has 0 fully saturated rings. The smallest absolute Gasteiger partial charge is 0.264 e. The first-order valence-electron chi connectivity index (χ1n) is 8.78. The van der Waals surface area contributed by atoms with Gasteiger partial charge in [-0.05, 0) is 48.5 Å². The van der Waals surface area contributed by atoms with Crippen molar-refractivity contribution in [3.63, 3.8) is 0 Å². The average molecular weight is 449 g/mol. The van der Waals surface area contributed by atoms with E-state index < -0.39 is 28.3 Å². The Morgan fingerprint density at radius 2 is 1.67 bits per heavy atom. The molecule has 0 aliphatic rings. The van der Waals surface area contributed by atoms with Gasteiger partial charge in [0.2, 0.25) is 5.91 Å². The summed E-state index contributed by atoms with van der Waals surface area (Å²) in [6.45, 7) is -0.550. The van der Waals surface area contributed by atoms with Gasteiger partial charge in [0.15, 0.2) is 0 Å². The Morgan fingerprint density at radius 3 is 2.33 bits per heavy atom. The molecule has 3 rings (SSSR count). The van der Waals surface area contributed by atoms with Crippen LogP contribution >= 0.6 is 11.6 Å². The highest BCUT2D eigenvalue weighted by atomic mass is 35.5. The van der Waals surface area contributed by atoms with Crippen LogP contribution in [0.2, 0.25) is 5.02 Å². The first-order valence-corrected chi connectivity index (χ1v) is 10.6. The highest BCUT2D eigenvalue weighted by molar-refractivity contribution is 7.92. The first-order chi connectivity index (χ1) is 14.3. The number of hydrogen-bond donors (Lipinski definition) is 1. The molecule has 0 saturated carbocycles. The standard InChI is InChI=1S/C21H18ClFN2O4S/c1-29-20-9-5-4-8-19(20)25(30(27,28)16-12-10-15(23)11-13-16)14-21(26)24-18-7-3-2-6-17(18)22/h2-13H,14H2,1H3,(H,24,26). The van der Waals surface area contributed by atoms with Crippen molar-refractivity contribution in [3.8, 4) is 5.75 Å². The fourth-order valence-corrected chi connectivity index (χ4v) is 4.37. The maximum absolute atomic E-state index is 13.3. The van der Waals surface area contributed by atoms with Crippen LogP contribution in [-0.2, 0) is 14.8 Å². The molecule has 1 amide bonds. The minimum atomic E-state index is -4.21. The number of halogens is 2. The lowest BCUT2D eigenvalue weighted by atomic mass is 10.3. The zero-order valence-corrected chi connectivity index (χ0v) is 17.5. The molecular weight excluding hydrogens is 431 g/mol. The van der Waals surface area contributed by atoms with Gasteiger partial charge in [0.1, 0.15) is 18.1 Å². The predicted molar refractivity (Wildman–Crippen MR) is 114 cm³/mol. The predicted octanol–water partition coefficient (Wildman–Crippen LogP) is 4.32. The lowest BCUT2D eigenvalue weighted by Crippen LogP contribution is -2.38. The number of nitrogens with zero attached hydrogens (tertiary/aromatic N) is 1. The molecule has 0 bridgehead atoms. The SMILES string of the molecule is COc1ccccc1N(CC(=O)Nc1ccccc1Cl)S(=O)(=O)c1ccc(F)cc1. The molecule has 0 aromatic heterocycles. The van der Waals surface area contributed by atoms with E-state index in [1.54, 1.807) is 42.5 Å². The molecule has 3 aromatic carbocycles. The third-order valence-corrected chi connectivity index (χ3v) is 6.29. The Morgan fingerprint density at radius 1 is 1.03 bits per heavy atom. The molecule has 9 heteroatoms. The normalized spacial score (nSPS) is 11.0. The topological polar surface area (TPSA) is 75.7 Å². The Balaban J connectivity index is 2.00. The molecule has 0 aliphatic carbocycles. The Labute approximate surface area is 178 Å². The number of anilines is 2. The van der Waals surface area contributed by atoms with E-state index in [0.29, 0.717) is 10.7 Å². The summed E-state index contributed by atoms with van der Waals surface area (Å²) in [5.41, 5.74) is 0.516. The van der Waals surface area contributed by atoms with Crippen molar-refractivity contribution in [1.82, 2.24) is 0 Å². The maximum atomic E-state index is 13.3. The number of carbonyl (C=O) groups is 1. The molecule has 0 saturated heterocycles. The Bertz CT molecular complexity index is 1150. The van der Waals surface area contributed by atoms with Gasteiger partial charge >= 0.3 is 0 Å². The van der Waals surface area contributed by atoms with Crippen molar-refractivity contribution < 1.29 is 22.3 Å². The molecule has 0 radical (unpaired) electrons. The van der Waals surface area contributed by atoms with E-state index >= 15 is 0 Å². The minimum absolute atomic E-state index is 0.165. The summed E-state index contributed by atoms with van der Waals surface area (Å²) in [7, 11) is -2.81. The van der Waals surface area contributed by atoms with Crippen LogP contribution in [0.4, 0.5) is 15.8 Å². The van der Waals surface area contributed by atoms with E-state index in [2.05, 4.69) is 5.32 Å². The summed E-state index contributed by atoms with van der Waals surface area (Å²) in [6.07, 6.45) is 0. The van der Waals surface area contributed by atoms with E-state index in [9.17, 15) is 17.6 Å². The fourth-order valence-electron chi connectivity index (χ4n) is 2.75. The molecule has 3 aromatic rings. The monoisotopic (exact) mass is 448 g/mol. The second-order valence-electron chi connectivity index (χ2n) is 6.17. The van der Waals surface area contributed by atoms with E-state index in [1.165, 1.54) is 13.2 Å². The number of ether oxygens (including phenoxy) is 1. The number of amides is 1. The van der Waals surface area contributed by atoms with E-state index in [0.717, 1.165) is 28.6 Å². The summed E-state index contributed by atoms with van der Waals surface area (Å²) in [5, 5.41) is 2.92. The number of rotatable bonds is 7. The lowest BCUT2D eigenvalue weighted by Gasteiger charge is -2.25. The van der Waals surface area contributed by atoms with Crippen LogP contribution in [0.3, 0.4) is 0 Å². The van der Waals surface area contributed by atoms with Crippen molar-refractivity contribution in [2.75, 3.05) is 23.3 Å². The highest BCUT2D eigenvalue weighted by Gasteiger charge is 2.29. The summed E-state index contributed by atoms with van der Waals surface area (Å²) in [4.78, 5) is 12.5. The molecule has 0 atom stereocenters. The zero-order valence-electron chi connectivity index (χ0n) is 15.9. The van der Waals surface area contributed by atoms with Crippen molar-refractivity contribution >= 4 is 38.9 Å². The first kappa shape index (κ1) is 21.6. The molecule has 0 spiro atoms. The molecule has 0 aliphatic heterocycles. The summed E-state index contributed by atoms with van der Waals surface area (Å²) >= 11 is 6.07. The average Bonchev–Trinajstić information content (AvgIpc) is 2.74.